The Hall–Kier alpha value is -0.910. The van der Waals surface area contributed by atoms with Crippen molar-refractivity contribution in [3.63, 3.8) is 0 Å². The van der Waals surface area contributed by atoms with Crippen LogP contribution < -0.4 is 0 Å². The summed E-state index contributed by atoms with van der Waals surface area (Å²) in [6.45, 7) is 3.77. The van der Waals surface area contributed by atoms with E-state index in [-0.39, 0.29) is 17.4 Å². The van der Waals surface area contributed by atoms with Gasteiger partial charge in [-0.2, -0.15) is 0 Å². The van der Waals surface area contributed by atoms with Crippen LogP contribution in [0.4, 0.5) is 0 Å². The van der Waals surface area contributed by atoms with Crippen LogP contribution in [0.25, 0.3) is 0 Å². The van der Waals surface area contributed by atoms with Gasteiger partial charge in [-0.1, -0.05) is 0 Å². The fourth-order valence-corrected chi connectivity index (χ4v) is 4.80. The van der Waals surface area contributed by atoms with E-state index in [0.717, 1.165) is 52.0 Å². The molecule has 0 aromatic carbocycles. The third-order valence-corrected chi connectivity index (χ3v) is 6.09. The van der Waals surface area contributed by atoms with Gasteiger partial charge < -0.3 is 14.4 Å². The third kappa shape index (κ3) is 2.31. The maximum atomic E-state index is 12.5. The van der Waals surface area contributed by atoms with Crippen LogP contribution in [-0.2, 0) is 26.3 Å². The average Bonchev–Trinajstić information content (AvgIpc) is 3.19. The summed E-state index contributed by atoms with van der Waals surface area (Å²) in [4.78, 5) is 16.0. The fraction of sp³-hybridized carbons (Fsp3) is 0.688. The average molecular weight is 307 g/mol. The molecule has 0 bridgehead atoms. The first kappa shape index (κ1) is 13.7. The zero-order chi connectivity index (χ0) is 14.3. The van der Waals surface area contributed by atoms with Crippen LogP contribution in [-0.4, -0.2) is 43.7 Å². The molecule has 3 aliphatic rings. The highest BCUT2D eigenvalue weighted by molar-refractivity contribution is 7.10. The second kappa shape index (κ2) is 5.38. The molecule has 0 N–H and O–H groups in total. The van der Waals surface area contributed by atoms with Crippen LogP contribution in [0.1, 0.15) is 29.7 Å². The zero-order valence-corrected chi connectivity index (χ0v) is 13.0. The van der Waals surface area contributed by atoms with Crippen molar-refractivity contribution in [3.8, 4) is 0 Å². The van der Waals surface area contributed by atoms with Crippen molar-refractivity contribution < 1.29 is 14.3 Å². The van der Waals surface area contributed by atoms with Crippen LogP contribution in [0.2, 0.25) is 0 Å². The lowest BCUT2D eigenvalue weighted by Gasteiger charge is -2.44. The molecule has 1 aromatic rings. The lowest BCUT2D eigenvalue weighted by Crippen LogP contribution is -2.49. The Morgan fingerprint density at radius 2 is 2.19 bits per heavy atom. The van der Waals surface area contributed by atoms with Gasteiger partial charge in [-0.3, -0.25) is 4.79 Å². The normalized spacial score (nSPS) is 27.8. The number of likely N-dealkylation sites (tertiary alicyclic amines) is 1. The molecule has 0 aliphatic carbocycles. The number of hydrogen-bond donors (Lipinski definition) is 0. The molecule has 0 radical (unpaired) electrons. The molecular weight excluding hydrogens is 286 g/mol. The van der Waals surface area contributed by atoms with Crippen LogP contribution in [0.5, 0.6) is 0 Å². The predicted octanol–water partition coefficient (Wildman–Crippen LogP) is 2.18. The first-order valence-electron chi connectivity index (χ1n) is 7.86. The number of thiophene rings is 1. The van der Waals surface area contributed by atoms with Gasteiger partial charge in [-0.15, -0.1) is 11.3 Å². The van der Waals surface area contributed by atoms with Crippen molar-refractivity contribution in [2.75, 3.05) is 32.9 Å². The summed E-state index contributed by atoms with van der Waals surface area (Å²) in [6, 6.07) is 2.22. The second-order valence-electron chi connectivity index (χ2n) is 6.24. The predicted molar refractivity (Wildman–Crippen MR) is 80.4 cm³/mol. The number of ether oxygens (including phenoxy) is 2. The summed E-state index contributed by atoms with van der Waals surface area (Å²) < 4.78 is 11.5. The number of carbonyl (C=O) groups is 1. The largest absolute Gasteiger partial charge is 0.381 e. The first-order valence-corrected chi connectivity index (χ1v) is 8.74. The highest BCUT2D eigenvalue weighted by Gasteiger charge is 2.43. The van der Waals surface area contributed by atoms with E-state index < -0.39 is 0 Å². The number of rotatable bonds is 1. The molecule has 114 valence electrons. The molecule has 4 rings (SSSR count). The van der Waals surface area contributed by atoms with Crippen LogP contribution in [0.3, 0.4) is 0 Å². The molecule has 2 saturated heterocycles. The minimum atomic E-state index is -0.128. The van der Waals surface area contributed by atoms with Crippen LogP contribution in [0.15, 0.2) is 11.4 Å². The van der Waals surface area contributed by atoms with Gasteiger partial charge in [-0.25, -0.2) is 0 Å². The molecule has 2 fully saturated rings. The van der Waals surface area contributed by atoms with Gasteiger partial charge in [0.1, 0.15) is 0 Å². The molecule has 0 saturated carbocycles. The van der Waals surface area contributed by atoms with E-state index in [0.29, 0.717) is 6.61 Å². The number of amides is 1. The summed E-state index contributed by atoms with van der Waals surface area (Å²) in [5, 5.41) is 2.18. The standard InChI is InChI=1S/C16H21NO3S/c18-15(12-1-8-19-11-12)17-6-4-16(5-7-17)13-3-10-21-14(13)2-9-20-16/h3,10,12H,1-2,4-9,11H2. The molecule has 3 aliphatic heterocycles. The maximum absolute atomic E-state index is 12.5. The van der Waals surface area contributed by atoms with E-state index in [9.17, 15) is 4.79 Å². The topological polar surface area (TPSA) is 38.8 Å². The van der Waals surface area contributed by atoms with Gasteiger partial charge >= 0.3 is 0 Å². The monoisotopic (exact) mass is 307 g/mol. The SMILES string of the molecule is O=C(C1CCOC1)N1CCC2(CC1)OCCc1sccc12. The fourth-order valence-electron chi connectivity index (χ4n) is 3.85. The number of nitrogens with zero attached hydrogens (tertiary/aromatic N) is 1. The van der Waals surface area contributed by atoms with E-state index in [1.54, 1.807) is 0 Å². The minimum absolute atomic E-state index is 0.0861. The highest BCUT2D eigenvalue weighted by atomic mass is 32.1. The van der Waals surface area contributed by atoms with Crippen molar-refractivity contribution in [1.29, 1.82) is 0 Å². The molecule has 1 amide bonds. The van der Waals surface area contributed by atoms with Crippen LogP contribution >= 0.6 is 11.3 Å². The van der Waals surface area contributed by atoms with E-state index >= 15 is 0 Å². The number of carbonyl (C=O) groups excluding carboxylic acids is 1. The summed E-state index contributed by atoms with van der Waals surface area (Å²) in [5.41, 5.74) is 1.26. The second-order valence-corrected chi connectivity index (χ2v) is 7.24. The molecule has 1 atom stereocenters. The van der Waals surface area contributed by atoms with Gasteiger partial charge in [0.05, 0.1) is 24.7 Å². The molecule has 1 spiro atoms. The van der Waals surface area contributed by atoms with E-state index in [1.165, 1.54) is 10.4 Å². The van der Waals surface area contributed by atoms with Gasteiger partial charge in [0, 0.05) is 31.0 Å². The summed E-state index contributed by atoms with van der Waals surface area (Å²) in [5.74, 6) is 0.367. The Bertz CT molecular complexity index is 527. The summed E-state index contributed by atoms with van der Waals surface area (Å²) in [6.07, 6.45) is 3.77. The smallest absolute Gasteiger partial charge is 0.228 e. The Kier molecular flexibility index (Phi) is 3.52. The van der Waals surface area contributed by atoms with Crippen molar-refractivity contribution in [2.24, 2.45) is 5.92 Å². The molecule has 1 unspecified atom stereocenters. The highest BCUT2D eigenvalue weighted by Crippen LogP contribution is 2.43. The van der Waals surface area contributed by atoms with Gasteiger partial charge in [0.2, 0.25) is 5.91 Å². The van der Waals surface area contributed by atoms with Crippen molar-refractivity contribution in [1.82, 2.24) is 4.90 Å². The zero-order valence-electron chi connectivity index (χ0n) is 12.2. The third-order valence-electron chi connectivity index (χ3n) is 5.11. The molecular formula is C16H21NO3S. The molecule has 1 aromatic heterocycles. The van der Waals surface area contributed by atoms with Gasteiger partial charge in [-0.05, 0) is 36.3 Å². The number of hydrogen-bond acceptors (Lipinski definition) is 4. The Morgan fingerprint density at radius 3 is 2.95 bits per heavy atom. The van der Waals surface area contributed by atoms with Gasteiger partial charge in [0.15, 0.2) is 0 Å². The molecule has 4 nitrogen and oxygen atoms in total. The van der Waals surface area contributed by atoms with E-state index in [4.69, 9.17) is 9.47 Å². The molecule has 21 heavy (non-hydrogen) atoms. The Balaban J connectivity index is 1.47. The summed E-state index contributed by atoms with van der Waals surface area (Å²) in [7, 11) is 0. The van der Waals surface area contributed by atoms with Crippen molar-refractivity contribution in [2.45, 2.75) is 31.3 Å². The Labute approximate surface area is 129 Å². The Morgan fingerprint density at radius 1 is 1.33 bits per heavy atom. The number of piperidine rings is 1. The summed E-state index contributed by atoms with van der Waals surface area (Å²) >= 11 is 1.84. The quantitative estimate of drug-likeness (QED) is 0.798. The number of fused-ring (bicyclic) bond motifs is 2. The first-order chi connectivity index (χ1) is 10.3. The van der Waals surface area contributed by atoms with E-state index in [2.05, 4.69) is 11.4 Å². The maximum Gasteiger partial charge on any atom is 0.228 e. The van der Waals surface area contributed by atoms with Crippen molar-refractivity contribution >= 4 is 17.2 Å². The lowest BCUT2D eigenvalue weighted by molar-refractivity contribution is -0.144. The van der Waals surface area contributed by atoms with E-state index in [1.807, 2.05) is 16.2 Å². The minimum Gasteiger partial charge on any atom is -0.381 e. The van der Waals surface area contributed by atoms with Crippen LogP contribution in [0, 0.1) is 5.92 Å². The lowest BCUT2D eigenvalue weighted by atomic mass is 9.82. The molecule has 5 heteroatoms. The molecule has 4 heterocycles. The van der Waals surface area contributed by atoms with Crippen molar-refractivity contribution in [3.05, 3.63) is 21.9 Å². The van der Waals surface area contributed by atoms with Gasteiger partial charge in [0.25, 0.3) is 0 Å².